The Labute approximate surface area is 194 Å². The van der Waals surface area contributed by atoms with E-state index in [2.05, 4.69) is 15.4 Å². The molecular formula is C21H19Cl3N4O3. The van der Waals surface area contributed by atoms with Crippen LogP contribution in [0.3, 0.4) is 0 Å². The molecule has 3 aromatic rings. The number of nitrogens with zero attached hydrogens (tertiary/aromatic N) is 3. The van der Waals surface area contributed by atoms with Crippen molar-refractivity contribution in [3.8, 4) is 0 Å². The first-order valence-electron chi connectivity index (χ1n) is 9.23. The fourth-order valence-corrected chi connectivity index (χ4v) is 3.47. The van der Waals surface area contributed by atoms with Gasteiger partial charge < -0.3 is 10.1 Å². The molecule has 10 heteroatoms. The van der Waals surface area contributed by atoms with Gasteiger partial charge in [-0.2, -0.15) is 5.10 Å². The highest BCUT2D eigenvalue weighted by molar-refractivity contribution is 6.37. The van der Waals surface area contributed by atoms with Crippen LogP contribution in [0, 0.1) is 20.8 Å². The largest absolute Gasteiger partial charge is 0.452 e. The molecule has 0 aliphatic carbocycles. The SMILES string of the molecule is Cc1ccc(Cn2nc(C)c(C(=O)OCC(=O)Nc3ncc(Cl)c(C)c3Cl)c2Cl)cc1. The zero-order valence-corrected chi connectivity index (χ0v) is 19.3. The molecule has 31 heavy (non-hydrogen) atoms. The van der Waals surface area contributed by atoms with E-state index in [-0.39, 0.29) is 21.6 Å². The summed E-state index contributed by atoms with van der Waals surface area (Å²) in [7, 11) is 0. The molecule has 2 heterocycles. The van der Waals surface area contributed by atoms with Crippen LogP contribution in [0.5, 0.6) is 0 Å². The summed E-state index contributed by atoms with van der Waals surface area (Å²) in [4.78, 5) is 28.7. The zero-order chi connectivity index (χ0) is 22.7. The van der Waals surface area contributed by atoms with Gasteiger partial charge in [-0.05, 0) is 31.9 Å². The maximum Gasteiger partial charge on any atom is 0.343 e. The Bertz CT molecular complexity index is 1140. The van der Waals surface area contributed by atoms with Crippen molar-refractivity contribution in [3.63, 3.8) is 0 Å². The molecule has 0 radical (unpaired) electrons. The summed E-state index contributed by atoms with van der Waals surface area (Å²) in [5, 5.41) is 7.53. The standard InChI is InChI=1S/C21H19Cl3N4O3/c1-11-4-6-14(7-5-11)9-28-19(24)17(13(3)27-28)21(30)31-10-16(29)26-20-18(23)12(2)15(22)8-25-20/h4-8H,9-10H2,1-3H3,(H,25,26,29). The van der Waals surface area contributed by atoms with Crippen LogP contribution in [0.25, 0.3) is 0 Å². The number of amides is 1. The van der Waals surface area contributed by atoms with Gasteiger partial charge in [0.2, 0.25) is 0 Å². The van der Waals surface area contributed by atoms with Gasteiger partial charge in [-0.15, -0.1) is 0 Å². The molecule has 162 valence electrons. The van der Waals surface area contributed by atoms with Gasteiger partial charge in [0.1, 0.15) is 10.7 Å². The van der Waals surface area contributed by atoms with Crippen LogP contribution < -0.4 is 5.32 Å². The Hall–Kier alpha value is -2.61. The van der Waals surface area contributed by atoms with Crippen molar-refractivity contribution in [2.24, 2.45) is 0 Å². The third-order valence-corrected chi connectivity index (χ3v) is 5.74. The first-order chi connectivity index (χ1) is 14.7. The number of esters is 1. The molecule has 0 aliphatic heterocycles. The van der Waals surface area contributed by atoms with Crippen LogP contribution in [-0.4, -0.2) is 33.2 Å². The van der Waals surface area contributed by atoms with Gasteiger partial charge in [0.15, 0.2) is 12.4 Å². The molecule has 0 fully saturated rings. The summed E-state index contributed by atoms with van der Waals surface area (Å²) in [5.41, 5.74) is 3.21. The second kappa shape index (κ2) is 9.68. The number of aromatic nitrogens is 3. The van der Waals surface area contributed by atoms with E-state index in [9.17, 15) is 9.59 Å². The maximum absolute atomic E-state index is 12.5. The van der Waals surface area contributed by atoms with Crippen LogP contribution in [0.4, 0.5) is 5.82 Å². The van der Waals surface area contributed by atoms with Gasteiger partial charge >= 0.3 is 5.97 Å². The number of hydrogen-bond acceptors (Lipinski definition) is 5. The first-order valence-corrected chi connectivity index (χ1v) is 10.4. The van der Waals surface area contributed by atoms with E-state index in [4.69, 9.17) is 39.5 Å². The number of carbonyl (C=O) groups is 2. The Morgan fingerprint density at radius 1 is 1.10 bits per heavy atom. The van der Waals surface area contributed by atoms with Crippen molar-refractivity contribution in [2.75, 3.05) is 11.9 Å². The van der Waals surface area contributed by atoms with Crippen molar-refractivity contribution in [3.05, 3.63) is 73.6 Å². The van der Waals surface area contributed by atoms with Crippen molar-refractivity contribution >= 4 is 52.5 Å². The molecular weight excluding hydrogens is 463 g/mol. The van der Waals surface area contributed by atoms with Gasteiger partial charge in [-0.1, -0.05) is 64.6 Å². The average molecular weight is 482 g/mol. The first kappa shape index (κ1) is 23.1. The minimum absolute atomic E-state index is 0.111. The number of hydrogen-bond donors (Lipinski definition) is 1. The number of rotatable bonds is 6. The van der Waals surface area contributed by atoms with Gasteiger partial charge in [0, 0.05) is 6.20 Å². The normalized spacial score (nSPS) is 10.8. The van der Waals surface area contributed by atoms with Crippen molar-refractivity contribution in [1.82, 2.24) is 14.8 Å². The molecule has 3 rings (SSSR count). The lowest BCUT2D eigenvalue weighted by Gasteiger charge is -2.09. The lowest BCUT2D eigenvalue weighted by Crippen LogP contribution is -2.22. The van der Waals surface area contributed by atoms with Crippen molar-refractivity contribution < 1.29 is 14.3 Å². The summed E-state index contributed by atoms with van der Waals surface area (Å²) in [6, 6.07) is 7.89. The van der Waals surface area contributed by atoms with Crippen LogP contribution in [-0.2, 0) is 16.1 Å². The van der Waals surface area contributed by atoms with E-state index in [0.717, 1.165) is 11.1 Å². The smallest absolute Gasteiger partial charge is 0.343 e. The van der Waals surface area contributed by atoms with E-state index < -0.39 is 18.5 Å². The summed E-state index contributed by atoms with van der Waals surface area (Å²) in [6.45, 7) is 5.19. The van der Waals surface area contributed by atoms with E-state index in [1.807, 2.05) is 31.2 Å². The van der Waals surface area contributed by atoms with Crippen LogP contribution in [0.15, 0.2) is 30.5 Å². The molecule has 2 aromatic heterocycles. The Kier molecular flexibility index (Phi) is 7.20. The average Bonchev–Trinajstić information content (AvgIpc) is 3.01. The maximum atomic E-state index is 12.5. The minimum Gasteiger partial charge on any atom is -0.452 e. The number of nitrogens with one attached hydrogen (secondary N) is 1. The predicted octanol–water partition coefficient (Wildman–Crippen LogP) is 5.01. The number of carbonyl (C=O) groups excluding carboxylic acids is 2. The van der Waals surface area contributed by atoms with Crippen LogP contribution in [0.2, 0.25) is 15.2 Å². The molecule has 0 spiro atoms. The minimum atomic E-state index is -0.751. The number of ether oxygens (including phenoxy) is 1. The fourth-order valence-electron chi connectivity index (χ4n) is 2.77. The number of pyridine rings is 1. The number of aryl methyl sites for hydroxylation is 2. The molecule has 1 N–H and O–H groups in total. The van der Waals surface area contributed by atoms with Gasteiger partial charge in [0.05, 0.1) is 22.3 Å². The molecule has 0 unspecified atom stereocenters. The van der Waals surface area contributed by atoms with Gasteiger partial charge in [-0.25, -0.2) is 14.5 Å². The van der Waals surface area contributed by atoms with Gasteiger partial charge in [-0.3, -0.25) is 4.79 Å². The van der Waals surface area contributed by atoms with E-state index in [1.54, 1.807) is 13.8 Å². The second-order valence-electron chi connectivity index (χ2n) is 6.91. The lowest BCUT2D eigenvalue weighted by atomic mass is 10.1. The number of halogens is 3. The Morgan fingerprint density at radius 2 is 1.77 bits per heavy atom. The summed E-state index contributed by atoms with van der Waals surface area (Å²) in [5.74, 6) is -1.23. The van der Waals surface area contributed by atoms with Gasteiger partial charge in [0.25, 0.3) is 5.91 Å². The topological polar surface area (TPSA) is 86.1 Å². The molecule has 1 amide bonds. The zero-order valence-electron chi connectivity index (χ0n) is 17.0. The van der Waals surface area contributed by atoms with E-state index in [0.29, 0.717) is 22.8 Å². The van der Waals surface area contributed by atoms with Crippen molar-refractivity contribution in [1.29, 1.82) is 0 Å². The molecule has 7 nitrogen and oxygen atoms in total. The van der Waals surface area contributed by atoms with E-state index >= 15 is 0 Å². The summed E-state index contributed by atoms with van der Waals surface area (Å²) >= 11 is 18.4. The second-order valence-corrected chi connectivity index (χ2v) is 8.06. The third kappa shape index (κ3) is 5.36. The summed E-state index contributed by atoms with van der Waals surface area (Å²) < 4.78 is 6.62. The number of benzene rings is 1. The fraction of sp³-hybridized carbons (Fsp3) is 0.238. The van der Waals surface area contributed by atoms with Crippen LogP contribution in [0.1, 0.15) is 32.7 Å². The Morgan fingerprint density at radius 3 is 2.45 bits per heavy atom. The van der Waals surface area contributed by atoms with Crippen molar-refractivity contribution in [2.45, 2.75) is 27.3 Å². The molecule has 1 aromatic carbocycles. The van der Waals surface area contributed by atoms with Crippen LogP contribution >= 0.6 is 34.8 Å². The molecule has 0 atom stereocenters. The molecule has 0 saturated carbocycles. The van der Waals surface area contributed by atoms with E-state index in [1.165, 1.54) is 10.9 Å². The molecule has 0 saturated heterocycles. The highest BCUT2D eigenvalue weighted by Crippen LogP contribution is 2.28. The lowest BCUT2D eigenvalue weighted by molar-refractivity contribution is -0.119. The quantitative estimate of drug-likeness (QED) is 0.500. The monoisotopic (exact) mass is 480 g/mol. The third-order valence-electron chi connectivity index (χ3n) is 4.52. The summed E-state index contributed by atoms with van der Waals surface area (Å²) in [6.07, 6.45) is 1.37. The Balaban J connectivity index is 1.65. The predicted molar refractivity (Wildman–Crippen MR) is 120 cm³/mol. The molecule has 0 aliphatic rings. The highest BCUT2D eigenvalue weighted by atomic mass is 35.5. The highest BCUT2D eigenvalue weighted by Gasteiger charge is 2.23. The number of anilines is 1. The molecule has 0 bridgehead atoms.